The zero-order valence-electron chi connectivity index (χ0n) is 16.1. The molecule has 0 aliphatic carbocycles. The number of amides is 1. The van der Waals surface area contributed by atoms with Crippen molar-refractivity contribution < 1.29 is 4.79 Å². The van der Waals surface area contributed by atoms with Crippen molar-refractivity contribution in [3.05, 3.63) is 45.0 Å². The normalized spacial score (nSPS) is 14.1. The van der Waals surface area contributed by atoms with Crippen LogP contribution in [0.1, 0.15) is 18.4 Å². The molecule has 0 radical (unpaired) electrons. The lowest BCUT2D eigenvalue weighted by atomic mass is 10.2. The maximum Gasteiger partial charge on any atom is 0.352 e. The fourth-order valence-electron chi connectivity index (χ4n) is 3.52. The summed E-state index contributed by atoms with van der Waals surface area (Å²) in [5.41, 5.74) is 2.35. The maximum absolute atomic E-state index is 12.7. The summed E-state index contributed by atoms with van der Waals surface area (Å²) in [5, 5.41) is 8.11. The van der Waals surface area contributed by atoms with Crippen molar-refractivity contribution in [3.8, 4) is 0 Å². The number of hydrogen-bond acceptors (Lipinski definition) is 7. The Morgan fingerprint density at radius 1 is 1.30 bits per heavy atom. The zero-order valence-corrected chi connectivity index (χ0v) is 18.5. The predicted octanol–water partition coefficient (Wildman–Crippen LogP) is 2.81. The monoisotopic (exact) mass is 487 g/mol. The predicted molar refractivity (Wildman–Crippen MR) is 119 cm³/mol. The number of anilines is 2. The third-order valence-electron chi connectivity index (χ3n) is 5.04. The van der Waals surface area contributed by atoms with Crippen LogP contribution in [0, 0.1) is 6.92 Å². The molecule has 5 rings (SSSR count). The number of nitrogens with one attached hydrogen (secondary N) is 1. The second kappa shape index (κ2) is 7.47. The lowest BCUT2D eigenvalue weighted by Crippen LogP contribution is -2.28. The number of carbonyl (C=O) groups excluding carboxylic acids is 1. The molecule has 9 nitrogen and oxygen atoms in total. The molecular formula is C19H18BrN7O2S. The smallest absolute Gasteiger partial charge is 0.348 e. The van der Waals surface area contributed by atoms with Gasteiger partial charge in [0.05, 0.1) is 5.69 Å². The van der Waals surface area contributed by atoms with Gasteiger partial charge in [-0.3, -0.25) is 4.79 Å². The number of aromatic nitrogens is 5. The Kier molecular flexibility index (Phi) is 4.78. The van der Waals surface area contributed by atoms with E-state index in [9.17, 15) is 9.59 Å². The van der Waals surface area contributed by atoms with Gasteiger partial charge in [-0.25, -0.2) is 18.9 Å². The second-order valence-electron chi connectivity index (χ2n) is 7.25. The van der Waals surface area contributed by atoms with Crippen LogP contribution < -0.4 is 15.9 Å². The Bertz CT molecular complexity index is 1340. The largest absolute Gasteiger partial charge is 0.352 e. The van der Waals surface area contributed by atoms with Crippen LogP contribution in [0.4, 0.5) is 10.8 Å². The standard InChI is InChI=1S/C19H18BrN7O2S/c1-11-4-5-13(12(20)8-11)22-14(28)9-27-19(29)26-10-21-16-15(17(26)24-27)30-18(23-16)25-6-2-3-7-25/h4-5,8,10H,2-3,6-7,9H2,1H3,(H,22,28). The van der Waals surface area contributed by atoms with Crippen LogP contribution in [0.2, 0.25) is 0 Å². The quantitative estimate of drug-likeness (QED) is 0.475. The summed E-state index contributed by atoms with van der Waals surface area (Å²) in [4.78, 5) is 36.4. The van der Waals surface area contributed by atoms with Gasteiger partial charge >= 0.3 is 5.69 Å². The number of hydrogen-bond donors (Lipinski definition) is 1. The van der Waals surface area contributed by atoms with Crippen molar-refractivity contribution in [2.24, 2.45) is 0 Å². The molecule has 0 saturated carbocycles. The molecule has 0 bridgehead atoms. The minimum atomic E-state index is -0.409. The van der Waals surface area contributed by atoms with Gasteiger partial charge in [0, 0.05) is 17.6 Å². The van der Waals surface area contributed by atoms with Crippen LogP contribution >= 0.6 is 27.3 Å². The molecule has 0 unspecified atom stereocenters. The molecule has 0 spiro atoms. The van der Waals surface area contributed by atoms with E-state index < -0.39 is 5.69 Å². The van der Waals surface area contributed by atoms with Gasteiger partial charge < -0.3 is 10.2 Å². The minimum Gasteiger partial charge on any atom is -0.348 e. The molecular weight excluding hydrogens is 470 g/mol. The molecule has 4 heterocycles. The van der Waals surface area contributed by atoms with Crippen LogP contribution in [-0.2, 0) is 11.3 Å². The molecule has 3 aromatic heterocycles. The Labute approximate surface area is 183 Å². The Balaban J connectivity index is 1.45. The number of halogens is 1. The summed E-state index contributed by atoms with van der Waals surface area (Å²) >= 11 is 4.92. The van der Waals surface area contributed by atoms with Crippen LogP contribution in [0.5, 0.6) is 0 Å². The molecule has 11 heteroatoms. The van der Waals surface area contributed by atoms with E-state index >= 15 is 0 Å². The molecule has 4 aromatic rings. The molecule has 154 valence electrons. The summed E-state index contributed by atoms with van der Waals surface area (Å²) in [7, 11) is 0. The summed E-state index contributed by atoms with van der Waals surface area (Å²) < 4.78 is 4.05. The molecule has 30 heavy (non-hydrogen) atoms. The molecule has 1 amide bonds. The Hall–Kier alpha value is -2.79. The van der Waals surface area contributed by atoms with Gasteiger partial charge in [-0.05, 0) is 53.4 Å². The fourth-order valence-corrected chi connectivity index (χ4v) is 5.16. The van der Waals surface area contributed by atoms with E-state index in [0.717, 1.165) is 50.5 Å². The molecule has 1 aliphatic heterocycles. The minimum absolute atomic E-state index is 0.194. The van der Waals surface area contributed by atoms with Gasteiger partial charge in [0.2, 0.25) is 5.91 Å². The lowest BCUT2D eigenvalue weighted by Gasteiger charge is -2.11. The van der Waals surface area contributed by atoms with Crippen LogP contribution in [0.3, 0.4) is 0 Å². The highest BCUT2D eigenvalue weighted by atomic mass is 79.9. The van der Waals surface area contributed by atoms with Gasteiger partial charge in [-0.2, -0.15) is 4.98 Å². The number of benzene rings is 1. The van der Waals surface area contributed by atoms with Crippen molar-refractivity contribution in [1.29, 1.82) is 0 Å². The van der Waals surface area contributed by atoms with Gasteiger partial charge in [-0.1, -0.05) is 17.4 Å². The fraction of sp³-hybridized carbons (Fsp3) is 0.316. The molecule has 1 N–H and O–H groups in total. The maximum atomic E-state index is 12.7. The molecule has 1 fully saturated rings. The molecule has 1 saturated heterocycles. The number of nitrogens with zero attached hydrogens (tertiary/aromatic N) is 6. The first-order chi connectivity index (χ1) is 14.5. The SMILES string of the molecule is Cc1ccc(NC(=O)Cn2nc3c4sc(N5CCCC5)nc4ncn3c2=O)c(Br)c1. The van der Waals surface area contributed by atoms with Gasteiger partial charge in [0.25, 0.3) is 0 Å². The third-order valence-corrected chi connectivity index (χ3v) is 6.79. The van der Waals surface area contributed by atoms with Gasteiger partial charge in [-0.15, -0.1) is 5.10 Å². The van der Waals surface area contributed by atoms with Crippen LogP contribution in [0.15, 0.2) is 33.8 Å². The molecule has 0 atom stereocenters. The summed E-state index contributed by atoms with van der Waals surface area (Å²) in [6, 6.07) is 5.63. The van der Waals surface area contributed by atoms with Crippen molar-refractivity contribution in [1.82, 2.24) is 24.1 Å². The van der Waals surface area contributed by atoms with Crippen molar-refractivity contribution in [2.75, 3.05) is 23.3 Å². The second-order valence-corrected chi connectivity index (χ2v) is 9.09. The van der Waals surface area contributed by atoms with Gasteiger partial charge in [0.15, 0.2) is 16.4 Å². The summed E-state index contributed by atoms with van der Waals surface area (Å²) in [6.45, 7) is 3.73. The van der Waals surface area contributed by atoms with Gasteiger partial charge in [0.1, 0.15) is 17.6 Å². The van der Waals surface area contributed by atoms with Crippen LogP contribution in [0.25, 0.3) is 16.0 Å². The van der Waals surface area contributed by atoms with Crippen LogP contribution in [-0.4, -0.2) is 43.1 Å². The highest BCUT2D eigenvalue weighted by Crippen LogP contribution is 2.31. The first-order valence-electron chi connectivity index (χ1n) is 9.55. The van der Waals surface area contributed by atoms with E-state index in [2.05, 4.69) is 41.2 Å². The molecule has 1 aromatic carbocycles. The number of rotatable bonds is 4. The number of thiazole rings is 1. The first kappa shape index (κ1) is 19.2. The first-order valence-corrected chi connectivity index (χ1v) is 11.2. The van der Waals surface area contributed by atoms with Crippen molar-refractivity contribution >= 4 is 60.0 Å². The Morgan fingerprint density at radius 3 is 2.87 bits per heavy atom. The lowest BCUT2D eigenvalue weighted by molar-refractivity contribution is -0.117. The third kappa shape index (κ3) is 3.37. The summed E-state index contributed by atoms with van der Waals surface area (Å²) in [6.07, 6.45) is 3.73. The van der Waals surface area contributed by atoms with E-state index in [1.54, 1.807) is 0 Å². The van der Waals surface area contributed by atoms with E-state index in [1.807, 2.05) is 25.1 Å². The van der Waals surface area contributed by atoms with Crippen molar-refractivity contribution in [2.45, 2.75) is 26.3 Å². The highest BCUT2D eigenvalue weighted by Gasteiger charge is 2.20. The van der Waals surface area contributed by atoms with E-state index in [-0.39, 0.29) is 12.5 Å². The Morgan fingerprint density at radius 2 is 2.10 bits per heavy atom. The average molecular weight is 488 g/mol. The average Bonchev–Trinajstić information content (AvgIpc) is 3.43. The number of carbonyl (C=O) groups is 1. The van der Waals surface area contributed by atoms with E-state index in [0.29, 0.717) is 17.0 Å². The number of aryl methyl sites for hydroxylation is 1. The van der Waals surface area contributed by atoms with E-state index in [1.165, 1.54) is 22.1 Å². The number of fused-ring (bicyclic) bond motifs is 3. The molecule has 1 aliphatic rings. The zero-order chi connectivity index (χ0) is 20.8. The van der Waals surface area contributed by atoms with Crippen molar-refractivity contribution in [3.63, 3.8) is 0 Å². The topological polar surface area (TPSA) is 97.4 Å². The summed E-state index contributed by atoms with van der Waals surface area (Å²) in [5.74, 6) is -0.337. The highest BCUT2D eigenvalue weighted by molar-refractivity contribution is 9.10. The van der Waals surface area contributed by atoms with E-state index in [4.69, 9.17) is 0 Å².